The molecule has 7 heteroatoms. The molecule has 2 aromatic heterocycles. The number of anilines is 1. The Morgan fingerprint density at radius 3 is 2.73 bits per heavy atom. The van der Waals surface area contributed by atoms with E-state index in [0.29, 0.717) is 12.5 Å². The summed E-state index contributed by atoms with van der Waals surface area (Å²) in [6.45, 7) is 5.92. The van der Waals surface area contributed by atoms with Gasteiger partial charge < -0.3 is 10.2 Å². The lowest BCUT2D eigenvalue weighted by atomic mass is 9.95. The van der Waals surface area contributed by atoms with Crippen LogP contribution in [0.25, 0.3) is 0 Å². The van der Waals surface area contributed by atoms with E-state index in [2.05, 4.69) is 20.4 Å². The van der Waals surface area contributed by atoms with Gasteiger partial charge in [-0.2, -0.15) is 5.10 Å². The van der Waals surface area contributed by atoms with Gasteiger partial charge in [0.05, 0.1) is 23.8 Å². The van der Waals surface area contributed by atoms with Gasteiger partial charge in [0.2, 0.25) is 5.91 Å². The van der Waals surface area contributed by atoms with Crippen LogP contribution in [-0.4, -0.2) is 50.7 Å². The molecule has 1 N–H and O–H groups in total. The monoisotopic (exact) mass is 356 g/mol. The highest BCUT2D eigenvalue weighted by Crippen LogP contribution is 2.21. The van der Waals surface area contributed by atoms with Crippen molar-refractivity contribution in [2.24, 2.45) is 5.92 Å². The summed E-state index contributed by atoms with van der Waals surface area (Å²) in [5, 5.41) is 7.39. The summed E-state index contributed by atoms with van der Waals surface area (Å²) in [4.78, 5) is 23.5. The normalized spacial score (nSPS) is 17.8. The summed E-state index contributed by atoms with van der Waals surface area (Å²) < 4.78 is 1.80. The number of aromatic nitrogens is 4. The van der Waals surface area contributed by atoms with Gasteiger partial charge in [0.1, 0.15) is 12.4 Å². The number of rotatable bonds is 5. The van der Waals surface area contributed by atoms with Crippen LogP contribution >= 0.6 is 0 Å². The third-order valence-corrected chi connectivity index (χ3v) is 5.05. The maximum Gasteiger partial charge on any atom is 0.244 e. The average Bonchev–Trinajstić information content (AvgIpc) is 2.82. The number of amides is 1. The highest BCUT2D eigenvalue weighted by atomic mass is 16.2. The lowest BCUT2D eigenvalue weighted by molar-refractivity contribution is -0.132. The molecule has 1 atom stereocenters. The molecule has 0 spiro atoms. The van der Waals surface area contributed by atoms with Crippen molar-refractivity contribution >= 4 is 11.7 Å². The van der Waals surface area contributed by atoms with Crippen molar-refractivity contribution in [3.05, 3.63) is 35.5 Å². The maximum atomic E-state index is 12.7. The zero-order valence-electron chi connectivity index (χ0n) is 15.9. The van der Waals surface area contributed by atoms with E-state index >= 15 is 0 Å². The van der Waals surface area contributed by atoms with E-state index < -0.39 is 0 Å². The van der Waals surface area contributed by atoms with Crippen molar-refractivity contribution in [1.29, 1.82) is 0 Å². The number of hydrogen-bond donors (Lipinski definition) is 1. The largest absolute Gasteiger partial charge is 0.372 e. The minimum absolute atomic E-state index is 0.162. The molecular formula is C19H28N6O. The molecule has 3 rings (SSSR count). The number of likely N-dealkylation sites (tertiary alicyclic amines) is 1. The van der Waals surface area contributed by atoms with Crippen molar-refractivity contribution in [3.63, 3.8) is 0 Å². The molecule has 1 amide bonds. The molecule has 0 aromatic carbocycles. The zero-order valence-corrected chi connectivity index (χ0v) is 15.9. The topological polar surface area (TPSA) is 75.9 Å². The Morgan fingerprint density at radius 1 is 1.23 bits per heavy atom. The van der Waals surface area contributed by atoms with Crippen LogP contribution in [0.4, 0.5) is 5.82 Å². The Hall–Kier alpha value is -2.44. The highest BCUT2D eigenvalue weighted by molar-refractivity contribution is 5.76. The summed E-state index contributed by atoms with van der Waals surface area (Å²) in [7, 11) is 1.84. The molecule has 0 saturated carbocycles. The van der Waals surface area contributed by atoms with E-state index in [0.717, 1.165) is 61.7 Å². The Labute approximate surface area is 154 Å². The molecule has 1 fully saturated rings. The van der Waals surface area contributed by atoms with Crippen molar-refractivity contribution < 1.29 is 4.79 Å². The second-order valence-corrected chi connectivity index (χ2v) is 7.11. The predicted molar refractivity (Wildman–Crippen MR) is 101 cm³/mol. The first kappa shape index (κ1) is 18.4. The van der Waals surface area contributed by atoms with Crippen LogP contribution in [0.15, 0.2) is 18.5 Å². The van der Waals surface area contributed by atoms with Crippen molar-refractivity contribution in [3.8, 4) is 0 Å². The van der Waals surface area contributed by atoms with Gasteiger partial charge >= 0.3 is 0 Å². The molecule has 7 nitrogen and oxygen atoms in total. The quantitative estimate of drug-likeness (QED) is 0.889. The second kappa shape index (κ2) is 8.29. The average molecular weight is 356 g/mol. The van der Waals surface area contributed by atoms with Gasteiger partial charge in [-0.1, -0.05) is 0 Å². The molecule has 2 aromatic rings. The van der Waals surface area contributed by atoms with Crippen LogP contribution in [0.5, 0.6) is 0 Å². The molecule has 0 aliphatic carbocycles. The number of hydrogen-bond acceptors (Lipinski definition) is 5. The van der Waals surface area contributed by atoms with Gasteiger partial charge in [0, 0.05) is 25.8 Å². The van der Waals surface area contributed by atoms with Gasteiger partial charge in [-0.05, 0) is 51.5 Å². The first-order chi connectivity index (χ1) is 12.5. The van der Waals surface area contributed by atoms with Crippen molar-refractivity contribution in [2.75, 3.05) is 25.5 Å². The molecule has 26 heavy (non-hydrogen) atoms. The Balaban J connectivity index is 1.53. The van der Waals surface area contributed by atoms with Crippen LogP contribution in [0.2, 0.25) is 0 Å². The van der Waals surface area contributed by atoms with Crippen LogP contribution in [-0.2, 0) is 17.8 Å². The predicted octanol–water partition coefficient (Wildman–Crippen LogP) is 2.20. The van der Waals surface area contributed by atoms with E-state index in [4.69, 9.17) is 0 Å². The van der Waals surface area contributed by atoms with E-state index in [1.165, 1.54) is 0 Å². The highest BCUT2D eigenvalue weighted by Gasteiger charge is 2.22. The molecule has 1 aliphatic heterocycles. The molecule has 0 radical (unpaired) electrons. The lowest BCUT2D eigenvalue weighted by Gasteiger charge is -2.21. The van der Waals surface area contributed by atoms with E-state index in [1.807, 2.05) is 38.1 Å². The first-order valence-electron chi connectivity index (χ1n) is 9.32. The fourth-order valence-electron chi connectivity index (χ4n) is 3.57. The fraction of sp³-hybridized carbons (Fsp3) is 0.579. The van der Waals surface area contributed by atoms with Crippen LogP contribution in [0.3, 0.4) is 0 Å². The van der Waals surface area contributed by atoms with Gasteiger partial charge in [0.15, 0.2) is 0 Å². The van der Waals surface area contributed by atoms with Crippen molar-refractivity contribution in [1.82, 2.24) is 24.6 Å². The number of aryl methyl sites for hydroxylation is 2. The Morgan fingerprint density at radius 2 is 2.08 bits per heavy atom. The smallest absolute Gasteiger partial charge is 0.244 e. The van der Waals surface area contributed by atoms with E-state index in [-0.39, 0.29) is 5.91 Å². The summed E-state index contributed by atoms with van der Waals surface area (Å²) in [5.41, 5.74) is 3.01. The zero-order chi connectivity index (χ0) is 18.5. The SMILES string of the molecule is CNc1cnc(C[C@@H]2CCCN(C(=O)Cn3nc(C)cc3C)CC2)cn1. The third-order valence-electron chi connectivity index (χ3n) is 5.05. The Bertz CT molecular complexity index is 739. The van der Waals surface area contributed by atoms with Crippen molar-refractivity contribution in [2.45, 2.75) is 46.1 Å². The number of carbonyl (C=O) groups excluding carboxylic acids is 1. The summed E-state index contributed by atoms with van der Waals surface area (Å²) >= 11 is 0. The Kier molecular flexibility index (Phi) is 5.85. The number of nitrogens with one attached hydrogen (secondary N) is 1. The van der Waals surface area contributed by atoms with E-state index in [1.54, 1.807) is 10.9 Å². The van der Waals surface area contributed by atoms with Gasteiger partial charge in [-0.15, -0.1) is 0 Å². The van der Waals surface area contributed by atoms with Crippen LogP contribution in [0, 0.1) is 19.8 Å². The molecule has 1 saturated heterocycles. The molecule has 140 valence electrons. The molecule has 0 bridgehead atoms. The minimum atomic E-state index is 0.162. The summed E-state index contributed by atoms with van der Waals surface area (Å²) in [6, 6.07) is 2.01. The van der Waals surface area contributed by atoms with Crippen LogP contribution < -0.4 is 5.32 Å². The third kappa shape index (κ3) is 4.59. The fourth-order valence-corrected chi connectivity index (χ4v) is 3.57. The van der Waals surface area contributed by atoms with Gasteiger partial charge in [0.25, 0.3) is 0 Å². The number of nitrogens with zero attached hydrogens (tertiary/aromatic N) is 5. The second-order valence-electron chi connectivity index (χ2n) is 7.11. The van der Waals surface area contributed by atoms with E-state index in [9.17, 15) is 4.79 Å². The summed E-state index contributed by atoms with van der Waals surface area (Å²) in [6.07, 6.45) is 7.72. The van der Waals surface area contributed by atoms with Gasteiger partial charge in [-0.25, -0.2) is 4.98 Å². The molecule has 0 unspecified atom stereocenters. The maximum absolute atomic E-state index is 12.7. The molecule has 3 heterocycles. The standard InChI is InChI=1S/C19H28N6O/c1-14-9-15(2)25(23-14)13-19(26)24-7-4-5-16(6-8-24)10-17-11-22-18(20-3)12-21-17/h9,11-12,16H,4-8,10,13H2,1-3H3,(H,20,22)/t16-/m1/s1. The molecular weight excluding hydrogens is 328 g/mol. The lowest BCUT2D eigenvalue weighted by Crippen LogP contribution is -2.35. The minimum Gasteiger partial charge on any atom is -0.372 e. The summed E-state index contributed by atoms with van der Waals surface area (Å²) in [5.74, 6) is 1.50. The molecule has 1 aliphatic rings. The van der Waals surface area contributed by atoms with Crippen LogP contribution in [0.1, 0.15) is 36.3 Å². The first-order valence-corrected chi connectivity index (χ1v) is 9.32. The van der Waals surface area contributed by atoms with Gasteiger partial charge in [-0.3, -0.25) is 14.5 Å². The number of carbonyl (C=O) groups is 1.